The number of thiophene rings is 1. The smallest absolute Gasteiger partial charge is 0.322 e. The van der Waals surface area contributed by atoms with E-state index in [4.69, 9.17) is 9.47 Å². The lowest BCUT2D eigenvalue weighted by Crippen LogP contribution is -2.38. The van der Waals surface area contributed by atoms with E-state index in [1.165, 1.54) is 33.8 Å². The first-order valence-corrected chi connectivity index (χ1v) is 13.1. The van der Waals surface area contributed by atoms with Gasteiger partial charge in [0.1, 0.15) is 16.5 Å². The van der Waals surface area contributed by atoms with Crippen LogP contribution >= 0.6 is 11.3 Å². The van der Waals surface area contributed by atoms with Crippen LogP contribution in [0.15, 0.2) is 66.9 Å². The summed E-state index contributed by atoms with van der Waals surface area (Å²) in [4.78, 5) is 17.4. The molecule has 4 aromatic rings. The molecule has 0 spiro atoms. The average Bonchev–Trinajstić information content (AvgIpc) is 3.51. The van der Waals surface area contributed by atoms with E-state index >= 15 is 0 Å². The van der Waals surface area contributed by atoms with E-state index in [1.807, 2.05) is 58.7 Å². The van der Waals surface area contributed by atoms with Crippen LogP contribution < -0.4 is 14.8 Å². The molecule has 0 fully saturated rings. The highest BCUT2D eigenvalue weighted by Gasteiger charge is 2.36. The maximum atomic E-state index is 14.0. The van der Waals surface area contributed by atoms with Crippen molar-refractivity contribution in [1.29, 1.82) is 0 Å². The molecule has 7 heteroatoms. The first-order chi connectivity index (χ1) is 17.7. The Kier molecular flexibility index (Phi) is 5.93. The zero-order valence-electron chi connectivity index (χ0n) is 20.5. The summed E-state index contributed by atoms with van der Waals surface area (Å²) in [6, 6.07) is 19.3. The summed E-state index contributed by atoms with van der Waals surface area (Å²) in [5.74, 6) is 1.53. The Labute approximate surface area is 215 Å². The average molecular weight is 500 g/mol. The number of aromatic nitrogens is 1. The molecule has 1 aliphatic carbocycles. The third-order valence-corrected chi connectivity index (χ3v) is 8.52. The summed E-state index contributed by atoms with van der Waals surface area (Å²) in [5, 5.41) is 4.38. The minimum absolute atomic E-state index is 0.135. The summed E-state index contributed by atoms with van der Waals surface area (Å²) in [6.45, 7) is 0.548. The number of fused-ring (bicyclic) bond motifs is 5. The van der Waals surface area contributed by atoms with Crippen LogP contribution in [0.3, 0.4) is 0 Å². The minimum Gasteiger partial charge on any atom is -0.497 e. The number of nitrogens with zero attached hydrogens (tertiary/aromatic N) is 2. The monoisotopic (exact) mass is 499 g/mol. The predicted octanol–water partition coefficient (Wildman–Crippen LogP) is 6.57. The van der Waals surface area contributed by atoms with E-state index in [9.17, 15) is 4.79 Å². The number of rotatable bonds is 4. The quantitative estimate of drug-likeness (QED) is 0.345. The van der Waals surface area contributed by atoms with Crippen molar-refractivity contribution < 1.29 is 14.3 Å². The molecule has 0 bridgehead atoms. The summed E-state index contributed by atoms with van der Waals surface area (Å²) in [6.07, 6.45) is 6.77. The molecule has 1 aliphatic heterocycles. The molecule has 0 unspecified atom stereocenters. The molecular weight excluding hydrogens is 470 g/mol. The number of aryl methyl sites for hydroxylation is 1. The van der Waals surface area contributed by atoms with Crippen LogP contribution in [-0.4, -0.2) is 29.7 Å². The largest absolute Gasteiger partial charge is 0.497 e. The number of anilines is 1. The molecule has 2 aliphatic rings. The number of nitrogens with one attached hydrogen (secondary N) is 1. The fraction of sp³-hybridized carbons (Fsp3) is 0.276. The highest BCUT2D eigenvalue weighted by Crippen LogP contribution is 2.44. The van der Waals surface area contributed by atoms with Gasteiger partial charge in [0, 0.05) is 22.3 Å². The van der Waals surface area contributed by atoms with Crippen molar-refractivity contribution in [3.05, 3.63) is 94.1 Å². The number of ether oxygens (including phenoxy) is 2. The minimum atomic E-state index is -0.271. The first kappa shape index (κ1) is 22.7. The van der Waals surface area contributed by atoms with Gasteiger partial charge in [0.05, 0.1) is 32.5 Å². The lowest BCUT2D eigenvalue weighted by molar-refractivity contribution is 0.194. The summed E-state index contributed by atoms with van der Waals surface area (Å²) < 4.78 is 13.1. The van der Waals surface area contributed by atoms with Gasteiger partial charge in [0.25, 0.3) is 0 Å². The Morgan fingerprint density at radius 2 is 1.75 bits per heavy atom. The van der Waals surface area contributed by atoms with Crippen LogP contribution in [0.5, 0.6) is 11.5 Å². The highest BCUT2D eigenvalue weighted by molar-refractivity contribution is 7.15. The number of methoxy groups -OCH3 is 2. The van der Waals surface area contributed by atoms with Gasteiger partial charge in [0.15, 0.2) is 0 Å². The van der Waals surface area contributed by atoms with E-state index in [0.29, 0.717) is 6.54 Å². The van der Waals surface area contributed by atoms with Gasteiger partial charge >= 0.3 is 6.03 Å². The third kappa shape index (κ3) is 3.93. The zero-order chi connectivity index (χ0) is 24.6. The summed E-state index contributed by atoms with van der Waals surface area (Å²) >= 11 is 1.89. The Morgan fingerprint density at radius 1 is 0.944 bits per heavy atom. The lowest BCUT2D eigenvalue weighted by Gasteiger charge is -2.31. The standard InChI is InChI=1S/C29H29N3O3S/c1-34-21-14-12-20(13-15-21)30-29(33)32-18-24-23-9-3-4-11-26(23)36-28(24)31-16-6-10-25(31)27(32)19-7-5-8-22(17-19)35-2/h5-8,10,12-17,27H,3-4,9,11,18H2,1-2H3,(H,30,33)/t27-/m1/s1. The van der Waals surface area contributed by atoms with Crippen LogP contribution in [0.1, 0.15) is 46.1 Å². The van der Waals surface area contributed by atoms with Crippen LogP contribution in [0.4, 0.5) is 10.5 Å². The van der Waals surface area contributed by atoms with Crippen molar-refractivity contribution in [3.8, 4) is 16.5 Å². The molecule has 36 heavy (non-hydrogen) atoms. The number of urea groups is 1. The van der Waals surface area contributed by atoms with Gasteiger partial charge in [-0.2, -0.15) is 0 Å². The fourth-order valence-electron chi connectivity index (χ4n) is 5.42. The molecule has 184 valence electrons. The second kappa shape index (κ2) is 9.39. The third-order valence-electron chi connectivity index (χ3n) is 7.19. The van der Waals surface area contributed by atoms with Crippen LogP contribution in [0, 0.1) is 0 Å². The second-order valence-electron chi connectivity index (χ2n) is 9.26. The van der Waals surface area contributed by atoms with Crippen molar-refractivity contribution in [1.82, 2.24) is 9.47 Å². The van der Waals surface area contributed by atoms with Gasteiger partial charge in [-0.15, -0.1) is 11.3 Å². The Bertz CT molecular complexity index is 1410. The van der Waals surface area contributed by atoms with E-state index in [1.54, 1.807) is 14.2 Å². The molecule has 0 saturated heterocycles. The zero-order valence-corrected chi connectivity index (χ0v) is 21.3. The second-order valence-corrected chi connectivity index (χ2v) is 10.3. The van der Waals surface area contributed by atoms with E-state index in [-0.39, 0.29) is 12.1 Å². The molecule has 6 nitrogen and oxygen atoms in total. The van der Waals surface area contributed by atoms with Crippen molar-refractivity contribution >= 4 is 23.1 Å². The van der Waals surface area contributed by atoms with Crippen LogP contribution in [-0.2, 0) is 19.4 Å². The van der Waals surface area contributed by atoms with Crippen molar-refractivity contribution in [2.45, 2.75) is 38.3 Å². The molecular formula is C29H29N3O3S. The molecule has 1 N–H and O–H groups in total. The highest BCUT2D eigenvalue weighted by atomic mass is 32.1. The Balaban J connectivity index is 1.47. The van der Waals surface area contributed by atoms with Gasteiger partial charge in [0.2, 0.25) is 0 Å². The Hall–Kier alpha value is -3.71. The molecule has 6 rings (SSSR count). The molecule has 1 atom stereocenters. The maximum Gasteiger partial charge on any atom is 0.322 e. The number of benzene rings is 2. The summed E-state index contributed by atoms with van der Waals surface area (Å²) in [5.41, 5.74) is 5.54. The molecule has 3 heterocycles. The normalized spacial score (nSPS) is 16.4. The molecule has 2 aromatic heterocycles. The molecule has 0 saturated carbocycles. The number of hydrogen-bond donors (Lipinski definition) is 1. The molecule has 2 amide bonds. The predicted molar refractivity (Wildman–Crippen MR) is 143 cm³/mol. The number of amides is 2. The van der Waals surface area contributed by atoms with Gasteiger partial charge in [-0.1, -0.05) is 12.1 Å². The van der Waals surface area contributed by atoms with Crippen LogP contribution in [0.2, 0.25) is 0 Å². The maximum absolute atomic E-state index is 14.0. The van der Waals surface area contributed by atoms with Gasteiger partial charge < -0.3 is 24.3 Å². The summed E-state index contributed by atoms with van der Waals surface area (Å²) in [7, 11) is 3.31. The molecule has 0 radical (unpaired) electrons. The van der Waals surface area contributed by atoms with Gasteiger partial charge in [-0.3, -0.25) is 0 Å². The SMILES string of the molecule is COc1ccc(NC(=O)N2Cc3c(sc4c3CCCC4)-n3cccc3[C@H]2c2cccc(OC)c2)cc1. The van der Waals surface area contributed by atoms with Gasteiger partial charge in [-0.05, 0) is 85.3 Å². The fourth-order valence-corrected chi connectivity index (χ4v) is 6.82. The molecule has 2 aromatic carbocycles. The van der Waals surface area contributed by atoms with Crippen molar-refractivity contribution in [2.24, 2.45) is 0 Å². The topological polar surface area (TPSA) is 55.7 Å². The van der Waals surface area contributed by atoms with E-state index < -0.39 is 0 Å². The van der Waals surface area contributed by atoms with Crippen molar-refractivity contribution in [2.75, 3.05) is 19.5 Å². The van der Waals surface area contributed by atoms with E-state index in [0.717, 1.165) is 41.3 Å². The number of carbonyl (C=O) groups excluding carboxylic acids is 1. The number of carbonyl (C=O) groups is 1. The first-order valence-electron chi connectivity index (χ1n) is 12.3. The van der Waals surface area contributed by atoms with Crippen LogP contribution in [0.25, 0.3) is 5.00 Å². The van der Waals surface area contributed by atoms with E-state index in [2.05, 4.69) is 34.3 Å². The lowest BCUT2D eigenvalue weighted by atomic mass is 9.95. The Morgan fingerprint density at radius 3 is 2.56 bits per heavy atom. The van der Waals surface area contributed by atoms with Gasteiger partial charge in [-0.25, -0.2) is 4.79 Å². The number of hydrogen-bond acceptors (Lipinski definition) is 4. The van der Waals surface area contributed by atoms with Crippen molar-refractivity contribution in [3.63, 3.8) is 0 Å².